The Kier molecular flexibility index (Phi) is 17.9. The Morgan fingerprint density at radius 3 is 0.978 bits per heavy atom. The maximum absolute atomic E-state index is 2.91. The van der Waals surface area contributed by atoms with E-state index < -0.39 is 0 Å². The molecule has 664 valence electrons. The fraction of sp³-hybridized carbons (Fsp3) is 0.238. The predicted molar refractivity (Wildman–Crippen MR) is 579 cm³/mol. The van der Waals surface area contributed by atoms with Crippen LogP contribution >= 0.6 is 0 Å². The minimum Gasteiger partial charge on any atom is -0.335 e. The largest absolute Gasteiger partial charge is 0.335 e. The average Bonchev–Trinajstić information content (AvgIpc) is 1.57. The zero-order chi connectivity index (χ0) is 92.4. The summed E-state index contributed by atoms with van der Waals surface area (Å²) in [5.41, 5.74) is 51.5. The van der Waals surface area contributed by atoms with Crippen molar-refractivity contribution in [2.24, 2.45) is 0 Å². The highest BCUT2D eigenvalue weighted by molar-refractivity contribution is 7.02. The summed E-state index contributed by atoms with van der Waals surface area (Å²) in [6.45, 7) is 34.5. The van der Waals surface area contributed by atoms with Gasteiger partial charge >= 0.3 is 0 Å². The van der Waals surface area contributed by atoms with Gasteiger partial charge in [0.1, 0.15) is 0 Å². The number of rotatable bonds is 6. The molecule has 0 aromatic heterocycles. The number of para-hydroxylation sites is 10. The second-order valence-electron chi connectivity index (χ2n) is 44.8. The fourth-order valence-electron chi connectivity index (χ4n) is 28.0. The lowest BCUT2D eigenvalue weighted by Crippen LogP contribution is -2.66. The summed E-state index contributed by atoms with van der Waals surface area (Å²) in [6.07, 6.45) is 10.0. The van der Waals surface area contributed by atoms with Gasteiger partial charge in [-0.05, 0) is 264 Å². The Hall–Kier alpha value is -13.7. The zero-order valence-corrected chi connectivity index (χ0v) is 81.0. The van der Waals surface area contributed by atoms with Gasteiger partial charge in [-0.3, -0.25) is 0 Å². The van der Waals surface area contributed by atoms with Crippen molar-refractivity contribution in [2.75, 3.05) is 34.3 Å². The van der Waals surface area contributed by atoms with Crippen LogP contribution < -0.4 is 83.5 Å². The van der Waals surface area contributed by atoms with E-state index in [0.717, 1.165) is 0 Å². The van der Waals surface area contributed by atoms with Crippen LogP contribution in [0.25, 0.3) is 11.1 Å². The summed E-state index contributed by atoms with van der Waals surface area (Å²) in [4.78, 5) is 18.4. The smallest absolute Gasteiger partial charge is 0.252 e. The van der Waals surface area contributed by atoms with Gasteiger partial charge < -0.3 is 34.3 Å². The molecule has 4 atom stereocenters. The maximum Gasteiger partial charge on any atom is 0.252 e. The van der Waals surface area contributed by atoms with Crippen molar-refractivity contribution >= 4 is 177 Å². The van der Waals surface area contributed by atoms with Crippen LogP contribution in [0.15, 0.2) is 352 Å². The van der Waals surface area contributed by atoms with E-state index in [1.54, 1.807) is 11.1 Å². The highest BCUT2D eigenvalue weighted by atomic mass is 15.3. The van der Waals surface area contributed by atoms with Crippen LogP contribution in [-0.2, 0) is 32.5 Å². The van der Waals surface area contributed by atoms with Gasteiger partial charge in [-0.15, -0.1) is 0 Å². The number of fused-ring (bicyclic) bond motifs is 22. The molecule has 0 radical (unpaired) electrons. The molecule has 4 unspecified atom stereocenters. The molecular weight excluding hydrogens is 1640 g/mol. The molecule has 136 heavy (non-hydrogen) atoms. The van der Waals surface area contributed by atoms with Gasteiger partial charge in [0.2, 0.25) is 0 Å². The third-order valence-electron chi connectivity index (χ3n) is 35.1. The normalized spacial score (nSPS) is 20.4. The Bertz CT molecular complexity index is 7250. The Morgan fingerprint density at radius 2 is 0.559 bits per heavy atom. The summed E-state index contributed by atoms with van der Waals surface area (Å²) >= 11 is 0. The van der Waals surface area contributed by atoms with Crippen molar-refractivity contribution in [2.45, 2.75) is 192 Å². The average molecular weight is 1760 g/mol. The first-order chi connectivity index (χ1) is 65.8. The molecule has 2 fully saturated rings. The van der Waals surface area contributed by atoms with Gasteiger partial charge in [-0.1, -0.05) is 351 Å². The van der Waals surface area contributed by atoms with Gasteiger partial charge in [-0.25, -0.2) is 0 Å². The van der Waals surface area contributed by atoms with Crippen LogP contribution in [0.2, 0.25) is 0 Å². The van der Waals surface area contributed by atoms with E-state index in [9.17, 15) is 0 Å². The van der Waals surface area contributed by atoms with E-state index in [4.69, 9.17) is 0 Å². The summed E-state index contributed by atoms with van der Waals surface area (Å²) in [6, 6.07) is 133. The summed E-state index contributed by atoms with van der Waals surface area (Å²) < 4.78 is 0. The Labute approximate surface area is 805 Å². The van der Waals surface area contributed by atoms with Crippen LogP contribution in [0.5, 0.6) is 0 Å². The van der Waals surface area contributed by atoms with E-state index in [0.29, 0.717) is 0 Å². The van der Waals surface area contributed by atoms with Gasteiger partial charge in [-0.2, -0.15) is 0 Å². The van der Waals surface area contributed by atoms with E-state index in [2.05, 4.69) is 483 Å². The topological polar surface area (TPSA) is 22.7 Å². The lowest BCUT2D eigenvalue weighted by atomic mass is 9.32. The minimum absolute atomic E-state index is 0.0228. The van der Waals surface area contributed by atoms with Crippen molar-refractivity contribution in [1.29, 1.82) is 0 Å². The first kappa shape index (κ1) is 82.9. The van der Waals surface area contributed by atoms with Crippen LogP contribution in [-0.4, -0.2) is 31.2 Å². The molecule has 2 saturated carbocycles. The molecule has 10 aliphatic heterocycles. The Morgan fingerprint density at radius 1 is 0.243 bits per heavy atom. The predicted octanol–water partition coefficient (Wildman–Crippen LogP) is 26.9. The number of hydrogen-bond donors (Lipinski definition) is 0. The van der Waals surface area contributed by atoms with E-state index in [-0.39, 0.29) is 63.7 Å². The van der Waals surface area contributed by atoms with Crippen molar-refractivity contribution < 1.29 is 0 Å². The van der Waals surface area contributed by atoms with Crippen molar-refractivity contribution in [3.05, 3.63) is 396 Å². The molecule has 10 heteroatoms. The quantitative estimate of drug-likeness (QED) is 0.153. The summed E-state index contributed by atoms with van der Waals surface area (Å²) in [5.74, 6) is 0. The molecular formula is C126H116B3N7. The fourth-order valence-corrected chi connectivity index (χ4v) is 28.0. The molecule has 28 rings (SSSR count). The van der Waals surface area contributed by atoms with Crippen molar-refractivity contribution in [1.82, 2.24) is 0 Å². The monoisotopic (exact) mass is 1760 g/mol. The lowest BCUT2D eigenvalue weighted by Gasteiger charge is -2.55. The van der Waals surface area contributed by atoms with Gasteiger partial charge in [0, 0.05) is 113 Å². The molecule has 7 nitrogen and oxygen atoms in total. The molecule has 0 spiro atoms. The molecule has 16 aromatic carbocycles. The number of hydrogen-bond acceptors (Lipinski definition) is 7. The molecule has 0 bridgehead atoms. The lowest BCUT2D eigenvalue weighted by molar-refractivity contribution is 0.194. The molecule has 0 saturated heterocycles. The summed E-state index contributed by atoms with van der Waals surface area (Å²) in [7, 11) is 0. The van der Waals surface area contributed by atoms with E-state index >= 15 is 0 Å². The van der Waals surface area contributed by atoms with Crippen LogP contribution in [0, 0.1) is 0 Å². The first-order valence-electron chi connectivity index (χ1n) is 50.2. The van der Waals surface area contributed by atoms with E-state index in [1.165, 1.54) is 253 Å². The second kappa shape index (κ2) is 29.4. The van der Waals surface area contributed by atoms with Gasteiger partial charge in [0.25, 0.3) is 20.1 Å². The Balaban J connectivity index is 0.000000110. The highest BCUT2D eigenvalue weighted by Gasteiger charge is 2.66. The van der Waals surface area contributed by atoms with Crippen molar-refractivity contribution in [3.63, 3.8) is 0 Å². The summed E-state index contributed by atoms with van der Waals surface area (Å²) in [5, 5.41) is 0. The minimum atomic E-state index is -0.118. The number of benzene rings is 16. The van der Waals surface area contributed by atoms with Gasteiger partial charge in [0.05, 0.1) is 28.1 Å². The van der Waals surface area contributed by atoms with Crippen LogP contribution in [0.3, 0.4) is 0 Å². The number of nitrogens with zero attached hydrogens (tertiary/aromatic N) is 7. The maximum atomic E-state index is 2.91. The third-order valence-corrected chi connectivity index (χ3v) is 35.1. The molecule has 0 amide bonds. The first-order valence-corrected chi connectivity index (χ1v) is 50.2. The zero-order valence-electron chi connectivity index (χ0n) is 81.0. The number of anilines is 19. The SMILES string of the molecule is CC(C)(C)c1ccc(N(c2ccc(C(C)(C)C)cc2)c2cc3c4c(c2)N2c5c(cccc5C5(C)CCCCC25C)B4c2cccc4c2N3C2(C)CCCCC42C)cc1.CC1(C)c2ccccc2N2c3cc(-c4ccccc4)cc4c3B(c3cccc1c32)c1cccc2c1N4c1ccccc1C2(C)C.c1ccc(N2c3ccccc3B3c4ccccc4N(c4ccccc4)c4cccc2c43)cc1. The molecule has 16 aromatic rings. The highest BCUT2D eigenvalue weighted by Crippen LogP contribution is 2.67. The van der Waals surface area contributed by atoms with Gasteiger partial charge in [0.15, 0.2) is 0 Å². The van der Waals surface area contributed by atoms with Crippen molar-refractivity contribution in [3.8, 4) is 11.1 Å². The molecule has 12 aliphatic rings. The van der Waals surface area contributed by atoms with Crippen LogP contribution in [0.1, 0.15) is 193 Å². The molecule has 10 heterocycles. The molecule has 2 aliphatic carbocycles. The second-order valence-corrected chi connectivity index (χ2v) is 44.8. The van der Waals surface area contributed by atoms with E-state index in [1.807, 2.05) is 0 Å². The van der Waals surface area contributed by atoms with Crippen LogP contribution in [0.4, 0.5) is 108 Å². The molecule has 0 N–H and O–H groups in total. The third kappa shape index (κ3) is 11.4. The standard InChI is InChI=1S/C54H62BN3.C42H33BN2.C30H21BN2/c1-49(2,3)35-21-25-37(26-22-35)56(38-27-23-36(24-28-38)50(4,5)6)39-33-44-46-45(34-39)58-48-41(52(8)30-12-14-32-54(52,58)10)18-16-20-43(48)55(46)42-19-15-17-40-47(42)57(44)53(9)31-13-11-29-51(40,53)7;1-41(2)28-16-8-10-22-34(28)44-36-24-27(26-14-6-5-7-15-26)25-37-38(36)43(32-20-12-18-30(41)39(32)44)33-21-13-19-31-40(33)45(37)35-23-11-9-17-29(35)42(31,3)4;1-3-12-22(13-4-1)32-26-18-9-7-16-24(26)31-25-17-8-10-19-27(25)33(23-14-5-2-6-15-23)29-21-11-20-28(32)30(29)31/h15-28,33-34H,11-14,29-32H2,1-10H3;5-25H,1-4H3;1-21H.